The van der Waals surface area contributed by atoms with Gasteiger partial charge in [0, 0.05) is 0 Å². The van der Waals surface area contributed by atoms with Gasteiger partial charge in [-0.3, -0.25) is 4.79 Å². The molecule has 1 aromatic carbocycles. The van der Waals surface area contributed by atoms with E-state index in [0.29, 0.717) is 16.5 Å². The van der Waals surface area contributed by atoms with Crippen LogP contribution in [-0.4, -0.2) is 12.8 Å². The Morgan fingerprint density at radius 3 is 2.94 bits per heavy atom. The van der Waals surface area contributed by atoms with Gasteiger partial charge in [0.05, 0.1) is 10.9 Å². The van der Waals surface area contributed by atoms with Crippen LogP contribution in [-0.2, 0) is 16.1 Å². The fourth-order valence-electron chi connectivity index (χ4n) is 2.02. The highest BCUT2D eigenvalue weighted by molar-refractivity contribution is 6.32. The maximum absolute atomic E-state index is 11.6. The lowest BCUT2D eigenvalue weighted by Crippen LogP contribution is -2.23. The van der Waals surface area contributed by atoms with E-state index in [1.807, 2.05) is 0 Å². The fraction of sp³-hybridized carbons (Fsp3) is 0.462. The molecule has 0 radical (unpaired) electrons. The number of carbonyl (C=O) groups excluding carboxylic acids is 1. The van der Waals surface area contributed by atoms with Crippen LogP contribution in [0.5, 0.6) is 11.5 Å². The van der Waals surface area contributed by atoms with Crippen molar-refractivity contribution in [1.82, 2.24) is 0 Å². The van der Waals surface area contributed by atoms with E-state index in [-0.39, 0.29) is 25.3 Å². The quantitative estimate of drug-likeness (QED) is 0.791. The van der Waals surface area contributed by atoms with Gasteiger partial charge in [-0.05, 0) is 30.5 Å². The molecule has 0 saturated heterocycles. The minimum absolute atomic E-state index is 0.0921. The highest BCUT2D eigenvalue weighted by Gasteiger charge is 2.27. The second-order valence-electron chi connectivity index (χ2n) is 4.55. The molecule has 0 unspecified atom stereocenters. The Kier molecular flexibility index (Phi) is 3.04. The van der Waals surface area contributed by atoms with Crippen molar-refractivity contribution in [2.75, 3.05) is 6.79 Å². The third kappa shape index (κ3) is 2.12. The smallest absolute Gasteiger partial charge is 0.309 e. The first-order valence-electron chi connectivity index (χ1n) is 5.98. The summed E-state index contributed by atoms with van der Waals surface area (Å²) < 4.78 is 15.7. The molecule has 2 aliphatic rings. The van der Waals surface area contributed by atoms with Gasteiger partial charge in [0.2, 0.25) is 6.79 Å². The summed E-state index contributed by atoms with van der Waals surface area (Å²) in [6, 6.07) is 3.53. The first-order chi connectivity index (χ1) is 8.74. The Labute approximate surface area is 110 Å². The van der Waals surface area contributed by atoms with Crippen molar-refractivity contribution >= 4 is 17.6 Å². The number of esters is 1. The van der Waals surface area contributed by atoms with Gasteiger partial charge in [-0.1, -0.05) is 18.0 Å². The van der Waals surface area contributed by atoms with Gasteiger partial charge in [0.15, 0.2) is 11.5 Å². The monoisotopic (exact) mass is 268 g/mol. The van der Waals surface area contributed by atoms with Crippen molar-refractivity contribution < 1.29 is 19.0 Å². The highest BCUT2D eigenvalue weighted by atomic mass is 35.5. The molecule has 5 heteroatoms. The van der Waals surface area contributed by atoms with Crippen molar-refractivity contribution in [3.05, 3.63) is 22.7 Å². The molecule has 1 aliphatic carbocycles. The van der Waals surface area contributed by atoms with Gasteiger partial charge in [-0.15, -0.1) is 0 Å². The van der Waals surface area contributed by atoms with Crippen LogP contribution in [0.15, 0.2) is 12.1 Å². The zero-order valence-corrected chi connectivity index (χ0v) is 10.5. The van der Waals surface area contributed by atoms with E-state index in [1.54, 1.807) is 12.1 Å². The fourth-order valence-corrected chi connectivity index (χ4v) is 2.31. The molecule has 0 amide bonds. The first-order valence-corrected chi connectivity index (χ1v) is 6.36. The summed E-state index contributed by atoms with van der Waals surface area (Å²) in [4.78, 5) is 11.6. The molecule has 1 fully saturated rings. The maximum atomic E-state index is 11.6. The number of ether oxygens (including phenoxy) is 3. The molecule has 3 rings (SSSR count). The maximum Gasteiger partial charge on any atom is 0.309 e. The van der Waals surface area contributed by atoms with Gasteiger partial charge in [0.1, 0.15) is 6.61 Å². The van der Waals surface area contributed by atoms with Crippen molar-refractivity contribution in [1.29, 1.82) is 0 Å². The van der Waals surface area contributed by atoms with Crippen molar-refractivity contribution in [3.63, 3.8) is 0 Å². The van der Waals surface area contributed by atoms with Crippen LogP contribution in [0.3, 0.4) is 0 Å². The van der Waals surface area contributed by atoms with E-state index < -0.39 is 0 Å². The standard InChI is InChI=1S/C13H13ClO4/c14-10-4-8(5-11-12(10)18-7-17-11)6-16-13(15)9-2-1-3-9/h4-5,9H,1-3,6-7H2. The number of rotatable bonds is 3. The number of hydrogen-bond donors (Lipinski definition) is 0. The summed E-state index contributed by atoms with van der Waals surface area (Å²) in [6.07, 6.45) is 3.01. The van der Waals surface area contributed by atoms with Crippen LogP contribution < -0.4 is 9.47 Å². The number of benzene rings is 1. The van der Waals surface area contributed by atoms with Gasteiger partial charge >= 0.3 is 5.97 Å². The van der Waals surface area contributed by atoms with Crippen LogP contribution in [0, 0.1) is 5.92 Å². The average Bonchev–Trinajstić information content (AvgIpc) is 2.72. The molecule has 18 heavy (non-hydrogen) atoms. The third-order valence-corrected chi connectivity index (χ3v) is 3.59. The minimum atomic E-state index is -0.116. The number of halogens is 1. The Hall–Kier alpha value is -1.42. The van der Waals surface area contributed by atoms with E-state index >= 15 is 0 Å². The summed E-state index contributed by atoms with van der Waals surface area (Å²) in [6.45, 7) is 0.409. The summed E-state index contributed by atoms with van der Waals surface area (Å²) in [5, 5.41) is 0.486. The van der Waals surface area contributed by atoms with Gasteiger partial charge in [-0.2, -0.15) is 0 Å². The normalized spacial score (nSPS) is 17.4. The Morgan fingerprint density at radius 1 is 1.39 bits per heavy atom. The topological polar surface area (TPSA) is 44.8 Å². The minimum Gasteiger partial charge on any atom is -0.461 e. The Balaban J connectivity index is 1.66. The predicted molar refractivity (Wildman–Crippen MR) is 64.7 cm³/mol. The van der Waals surface area contributed by atoms with Crippen molar-refractivity contribution in [2.24, 2.45) is 5.92 Å². The summed E-state index contributed by atoms with van der Waals surface area (Å²) in [7, 11) is 0. The van der Waals surface area contributed by atoms with Gasteiger partial charge < -0.3 is 14.2 Å². The molecule has 4 nitrogen and oxygen atoms in total. The van der Waals surface area contributed by atoms with Crippen LogP contribution in [0.4, 0.5) is 0 Å². The van der Waals surface area contributed by atoms with Crippen LogP contribution >= 0.6 is 11.6 Å². The van der Waals surface area contributed by atoms with Crippen LogP contribution in [0.1, 0.15) is 24.8 Å². The number of hydrogen-bond acceptors (Lipinski definition) is 4. The molecular formula is C13H13ClO4. The lowest BCUT2D eigenvalue weighted by atomic mass is 9.86. The molecule has 0 N–H and O–H groups in total. The van der Waals surface area contributed by atoms with Crippen molar-refractivity contribution in [2.45, 2.75) is 25.9 Å². The molecule has 1 saturated carbocycles. The van der Waals surface area contributed by atoms with Gasteiger partial charge in [0.25, 0.3) is 0 Å². The molecule has 0 spiro atoms. The van der Waals surface area contributed by atoms with E-state index in [4.69, 9.17) is 25.8 Å². The SMILES string of the molecule is O=C(OCc1cc(Cl)c2c(c1)OCO2)C1CCC1. The summed E-state index contributed by atoms with van der Waals surface area (Å²) in [5.41, 5.74) is 0.817. The lowest BCUT2D eigenvalue weighted by molar-refractivity contribution is -0.152. The molecule has 0 aromatic heterocycles. The third-order valence-electron chi connectivity index (χ3n) is 3.31. The predicted octanol–water partition coefficient (Wildman–Crippen LogP) is 2.91. The zero-order valence-electron chi connectivity index (χ0n) is 9.78. The number of fused-ring (bicyclic) bond motifs is 1. The van der Waals surface area contributed by atoms with Gasteiger partial charge in [-0.25, -0.2) is 0 Å². The lowest BCUT2D eigenvalue weighted by Gasteiger charge is -2.23. The van der Waals surface area contributed by atoms with E-state index in [9.17, 15) is 4.79 Å². The Bertz CT molecular complexity index is 482. The highest BCUT2D eigenvalue weighted by Crippen LogP contribution is 2.40. The van der Waals surface area contributed by atoms with Crippen molar-refractivity contribution in [3.8, 4) is 11.5 Å². The molecule has 1 heterocycles. The second-order valence-corrected chi connectivity index (χ2v) is 4.95. The molecule has 1 aliphatic heterocycles. The molecule has 96 valence electrons. The summed E-state index contributed by atoms with van der Waals surface area (Å²) in [5.74, 6) is 1.15. The molecule has 0 atom stereocenters. The number of carbonyl (C=O) groups is 1. The molecular weight excluding hydrogens is 256 g/mol. The second kappa shape index (κ2) is 4.69. The largest absolute Gasteiger partial charge is 0.461 e. The van der Waals surface area contributed by atoms with E-state index in [0.717, 1.165) is 24.8 Å². The Morgan fingerprint density at radius 2 is 2.22 bits per heavy atom. The summed E-state index contributed by atoms with van der Waals surface area (Å²) >= 11 is 6.05. The zero-order chi connectivity index (χ0) is 12.5. The van der Waals surface area contributed by atoms with Crippen LogP contribution in [0.25, 0.3) is 0 Å². The average molecular weight is 269 g/mol. The van der Waals surface area contributed by atoms with E-state index in [2.05, 4.69) is 0 Å². The van der Waals surface area contributed by atoms with E-state index in [1.165, 1.54) is 0 Å². The molecule has 1 aromatic rings. The molecule has 0 bridgehead atoms. The van der Waals surface area contributed by atoms with Crippen LogP contribution in [0.2, 0.25) is 5.02 Å². The first kappa shape index (κ1) is 11.7.